The minimum absolute atomic E-state index is 0.0261. The van der Waals surface area contributed by atoms with Crippen molar-refractivity contribution in [3.05, 3.63) is 11.9 Å². The third kappa shape index (κ3) is 4.91. The summed E-state index contributed by atoms with van der Waals surface area (Å²) in [7, 11) is 0. The van der Waals surface area contributed by atoms with Crippen LogP contribution in [0, 0.1) is 0 Å². The Balaban J connectivity index is 2.41. The first-order valence-corrected chi connectivity index (χ1v) is 5.61. The molecule has 3 amide bonds. The first kappa shape index (κ1) is 14.1. The predicted octanol–water partition coefficient (Wildman–Crippen LogP) is -0.953. The molecule has 0 aliphatic heterocycles. The fourth-order valence-electron chi connectivity index (χ4n) is 1.26. The second-order valence-corrected chi connectivity index (χ2v) is 4.06. The lowest BCUT2D eigenvalue weighted by Gasteiger charge is -2.08. The highest BCUT2D eigenvalue weighted by Crippen LogP contribution is 1.93. The number of carbonyl (C=O) groups excluding carboxylic acids is 2. The molecule has 0 spiro atoms. The molecule has 0 aromatic carbocycles. The van der Waals surface area contributed by atoms with Gasteiger partial charge in [-0.2, -0.15) is 0 Å². The van der Waals surface area contributed by atoms with Crippen molar-refractivity contribution in [1.82, 2.24) is 25.6 Å². The van der Waals surface area contributed by atoms with E-state index in [1.807, 2.05) is 0 Å². The molecule has 0 saturated carbocycles. The van der Waals surface area contributed by atoms with Gasteiger partial charge < -0.3 is 10.4 Å². The van der Waals surface area contributed by atoms with E-state index in [0.29, 0.717) is 12.1 Å². The van der Waals surface area contributed by atoms with Crippen LogP contribution in [0.25, 0.3) is 0 Å². The molecule has 0 saturated heterocycles. The first-order chi connectivity index (χ1) is 8.51. The van der Waals surface area contributed by atoms with Crippen molar-refractivity contribution in [3.63, 3.8) is 0 Å². The molecule has 18 heavy (non-hydrogen) atoms. The number of urea groups is 1. The molecule has 0 atom stereocenters. The lowest BCUT2D eigenvalue weighted by Crippen LogP contribution is -2.43. The van der Waals surface area contributed by atoms with E-state index < -0.39 is 11.9 Å². The number of hydrogen-bond donors (Lipinski definition) is 3. The molecule has 0 fully saturated rings. The fourth-order valence-corrected chi connectivity index (χ4v) is 1.26. The van der Waals surface area contributed by atoms with Gasteiger partial charge in [-0.3, -0.25) is 10.1 Å². The predicted molar refractivity (Wildman–Crippen MR) is 62.6 cm³/mol. The summed E-state index contributed by atoms with van der Waals surface area (Å²) in [5.74, 6) is -0.478. The highest BCUT2D eigenvalue weighted by molar-refractivity contribution is 5.94. The highest BCUT2D eigenvalue weighted by atomic mass is 16.3. The molecule has 8 heteroatoms. The maximum absolute atomic E-state index is 11.5. The Labute approximate surface area is 104 Å². The van der Waals surface area contributed by atoms with Crippen molar-refractivity contribution >= 4 is 11.9 Å². The number of aromatic nitrogens is 3. The van der Waals surface area contributed by atoms with Gasteiger partial charge in [-0.1, -0.05) is 5.21 Å². The quantitative estimate of drug-likeness (QED) is 0.628. The molecule has 1 aromatic rings. The van der Waals surface area contributed by atoms with Crippen LogP contribution >= 0.6 is 0 Å². The molecule has 0 unspecified atom stereocenters. The summed E-state index contributed by atoms with van der Waals surface area (Å²) in [5.41, 5.74) is 0.594. The molecule has 1 heterocycles. The second kappa shape index (κ2) is 6.70. The fraction of sp³-hybridized carbons (Fsp3) is 0.600. The van der Waals surface area contributed by atoms with Crippen LogP contribution in [0.1, 0.15) is 19.5 Å². The smallest absolute Gasteiger partial charge is 0.321 e. The number of carbonyl (C=O) groups is 2. The van der Waals surface area contributed by atoms with Crippen molar-refractivity contribution in [2.45, 2.75) is 32.9 Å². The molecule has 0 aliphatic rings. The second-order valence-electron chi connectivity index (χ2n) is 4.06. The lowest BCUT2D eigenvalue weighted by molar-refractivity contribution is -0.120. The molecule has 8 nitrogen and oxygen atoms in total. The Morgan fingerprint density at radius 2 is 2.22 bits per heavy atom. The van der Waals surface area contributed by atoms with E-state index in [9.17, 15) is 9.59 Å². The van der Waals surface area contributed by atoms with E-state index in [0.717, 1.165) is 0 Å². The van der Waals surface area contributed by atoms with Crippen LogP contribution in [-0.2, 0) is 17.8 Å². The normalized spacial score (nSPS) is 10.4. The minimum atomic E-state index is -0.536. The average molecular weight is 255 g/mol. The van der Waals surface area contributed by atoms with Gasteiger partial charge >= 0.3 is 6.03 Å². The standard InChI is InChI=1S/C10H17N5O3/c1-7(2)11-10(18)12-9(17)6-15-5-8(3-4-16)13-14-15/h5,7,16H,3-4,6H2,1-2H3,(H2,11,12,17,18). The van der Waals surface area contributed by atoms with Gasteiger partial charge in [0.05, 0.1) is 5.69 Å². The minimum Gasteiger partial charge on any atom is -0.396 e. The molecular formula is C10H17N5O3. The number of amides is 3. The van der Waals surface area contributed by atoms with Crippen molar-refractivity contribution in [3.8, 4) is 0 Å². The van der Waals surface area contributed by atoms with E-state index in [1.54, 1.807) is 20.0 Å². The Morgan fingerprint density at radius 3 is 2.83 bits per heavy atom. The third-order valence-corrected chi connectivity index (χ3v) is 1.93. The van der Waals surface area contributed by atoms with Crippen molar-refractivity contribution in [2.75, 3.05) is 6.61 Å². The first-order valence-electron chi connectivity index (χ1n) is 5.61. The Hall–Kier alpha value is -1.96. The van der Waals surface area contributed by atoms with Gasteiger partial charge in [0.15, 0.2) is 0 Å². The summed E-state index contributed by atoms with van der Waals surface area (Å²) in [6.45, 7) is 3.47. The lowest BCUT2D eigenvalue weighted by atomic mass is 10.3. The summed E-state index contributed by atoms with van der Waals surface area (Å²) in [6, 6.07) is -0.578. The summed E-state index contributed by atoms with van der Waals surface area (Å²) in [5, 5.41) is 20.9. The monoisotopic (exact) mass is 255 g/mol. The molecule has 0 radical (unpaired) electrons. The Bertz CT molecular complexity index is 415. The largest absolute Gasteiger partial charge is 0.396 e. The zero-order valence-electron chi connectivity index (χ0n) is 10.4. The van der Waals surface area contributed by atoms with Gasteiger partial charge in [0, 0.05) is 25.3 Å². The number of rotatable bonds is 5. The van der Waals surface area contributed by atoms with Crippen molar-refractivity contribution in [2.24, 2.45) is 0 Å². The third-order valence-electron chi connectivity index (χ3n) is 1.93. The maximum Gasteiger partial charge on any atom is 0.321 e. The summed E-state index contributed by atoms with van der Waals surface area (Å²) < 4.78 is 1.31. The van der Waals surface area contributed by atoms with Crippen LogP contribution in [0.4, 0.5) is 4.79 Å². The van der Waals surface area contributed by atoms with Crippen LogP contribution in [0.2, 0.25) is 0 Å². The topological polar surface area (TPSA) is 109 Å². The number of imide groups is 1. The number of nitrogens with one attached hydrogen (secondary N) is 2. The van der Waals surface area contributed by atoms with Gasteiger partial charge in [0.25, 0.3) is 0 Å². The van der Waals surface area contributed by atoms with E-state index in [1.165, 1.54) is 4.68 Å². The van der Waals surface area contributed by atoms with Gasteiger partial charge in [-0.05, 0) is 13.8 Å². The van der Waals surface area contributed by atoms with E-state index in [4.69, 9.17) is 5.11 Å². The van der Waals surface area contributed by atoms with Gasteiger partial charge in [-0.15, -0.1) is 5.10 Å². The van der Waals surface area contributed by atoms with Gasteiger partial charge in [0.1, 0.15) is 6.54 Å². The molecule has 0 aliphatic carbocycles. The highest BCUT2D eigenvalue weighted by Gasteiger charge is 2.10. The van der Waals surface area contributed by atoms with Gasteiger partial charge in [0.2, 0.25) is 5.91 Å². The van der Waals surface area contributed by atoms with Crippen LogP contribution in [0.5, 0.6) is 0 Å². The van der Waals surface area contributed by atoms with Crippen molar-refractivity contribution in [1.29, 1.82) is 0 Å². The molecule has 0 bridgehead atoms. The number of hydrogen-bond acceptors (Lipinski definition) is 5. The van der Waals surface area contributed by atoms with Crippen LogP contribution < -0.4 is 10.6 Å². The summed E-state index contributed by atoms with van der Waals surface area (Å²) in [6.07, 6.45) is 1.94. The number of aliphatic hydroxyl groups is 1. The molecule has 1 aromatic heterocycles. The number of nitrogens with zero attached hydrogens (tertiary/aromatic N) is 3. The van der Waals surface area contributed by atoms with Gasteiger partial charge in [-0.25, -0.2) is 9.48 Å². The van der Waals surface area contributed by atoms with Crippen LogP contribution in [-0.4, -0.2) is 44.7 Å². The SMILES string of the molecule is CC(C)NC(=O)NC(=O)Cn1cc(CCO)nn1. The zero-order chi connectivity index (χ0) is 13.5. The molecule has 1 rings (SSSR count). The molecular weight excluding hydrogens is 238 g/mol. The van der Waals surface area contributed by atoms with Crippen LogP contribution in [0.15, 0.2) is 6.20 Å². The summed E-state index contributed by atoms with van der Waals surface area (Å²) in [4.78, 5) is 22.7. The van der Waals surface area contributed by atoms with E-state index in [-0.39, 0.29) is 19.2 Å². The Morgan fingerprint density at radius 1 is 1.50 bits per heavy atom. The average Bonchev–Trinajstić information content (AvgIpc) is 2.64. The molecule has 100 valence electrons. The molecule has 3 N–H and O–H groups in total. The van der Waals surface area contributed by atoms with Crippen LogP contribution in [0.3, 0.4) is 0 Å². The number of aliphatic hydroxyl groups excluding tert-OH is 1. The zero-order valence-corrected chi connectivity index (χ0v) is 10.4. The van der Waals surface area contributed by atoms with E-state index in [2.05, 4.69) is 20.9 Å². The maximum atomic E-state index is 11.5. The van der Waals surface area contributed by atoms with E-state index >= 15 is 0 Å². The summed E-state index contributed by atoms with van der Waals surface area (Å²) >= 11 is 0. The van der Waals surface area contributed by atoms with Crippen molar-refractivity contribution < 1.29 is 14.7 Å². The Kier molecular flexibility index (Phi) is 5.25.